The Morgan fingerprint density at radius 2 is 2.31 bits per heavy atom. The van der Waals surface area contributed by atoms with Gasteiger partial charge in [0.15, 0.2) is 0 Å². The summed E-state index contributed by atoms with van der Waals surface area (Å²) in [5.41, 5.74) is 0.342. The lowest BCUT2D eigenvalue weighted by molar-refractivity contribution is -0.132. The molecule has 0 radical (unpaired) electrons. The molecule has 0 saturated carbocycles. The number of rotatable bonds is 4. The summed E-state index contributed by atoms with van der Waals surface area (Å²) in [4.78, 5) is 10.5. The van der Waals surface area contributed by atoms with E-state index < -0.39 is 5.97 Å². The Kier molecular flexibility index (Phi) is 3.74. The zero-order chi connectivity index (χ0) is 9.68. The monoisotopic (exact) mass is 180 g/mol. The van der Waals surface area contributed by atoms with E-state index >= 15 is 0 Å². The maximum Gasteiger partial charge on any atom is 0.330 e. The fourth-order valence-electron chi connectivity index (χ4n) is 1.60. The van der Waals surface area contributed by atoms with Crippen molar-refractivity contribution in [2.75, 3.05) is 0 Å². The normalized spacial score (nSPS) is 21.4. The van der Waals surface area contributed by atoms with Crippen LogP contribution < -0.4 is 0 Å². The van der Waals surface area contributed by atoms with Crippen molar-refractivity contribution in [2.24, 2.45) is 5.92 Å². The molecule has 72 valence electrons. The maximum absolute atomic E-state index is 10.5. The van der Waals surface area contributed by atoms with Gasteiger partial charge in [0.25, 0.3) is 0 Å². The molecule has 0 saturated heterocycles. The van der Waals surface area contributed by atoms with Crippen LogP contribution in [0, 0.1) is 5.92 Å². The second-order valence-electron chi connectivity index (χ2n) is 3.60. The van der Waals surface area contributed by atoms with Gasteiger partial charge in [-0.3, -0.25) is 0 Å². The van der Waals surface area contributed by atoms with Gasteiger partial charge in [-0.15, -0.1) is 0 Å². The first-order valence-electron chi connectivity index (χ1n) is 4.76. The number of allylic oxidation sites excluding steroid dienone is 2. The van der Waals surface area contributed by atoms with E-state index in [1.165, 1.54) is 6.42 Å². The summed E-state index contributed by atoms with van der Waals surface area (Å²) in [5, 5.41) is 8.60. The van der Waals surface area contributed by atoms with Gasteiger partial charge < -0.3 is 5.11 Å². The smallest absolute Gasteiger partial charge is 0.330 e. The zero-order valence-corrected chi connectivity index (χ0v) is 7.83. The number of carboxylic acid groups (broad SMARTS) is 1. The van der Waals surface area contributed by atoms with Gasteiger partial charge in [0.1, 0.15) is 0 Å². The van der Waals surface area contributed by atoms with E-state index in [9.17, 15) is 4.79 Å². The average molecular weight is 180 g/mol. The predicted octanol–water partition coefficient (Wildman–Crippen LogP) is 2.76. The summed E-state index contributed by atoms with van der Waals surface area (Å²) in [6.07, 6.45) is 9.43. The molecule has 0 spiro atoms. The summed E-state index contributed by atoms with van der Waals surface area (Å²) in [5.74, 6) is -0.188. The molecule has 2 nitrogen and oxygen atoms in total. The van der Waals surface area contributed by atoms with Crippen LogP contribution in [0.4, 0.5) is 0 Å². The van der Waals surface area contributed by atoms with Gasteiger partial charge in [-0.1, -0.05) is 18.7 Å². The Morgan fingerprint density at radius 3 is 2.85 bits per heavy atom. The summed E-state index contributed by atoms with van der Waals surface area (Å²) >= 11 is 0. The number of carbonyl (C=O) groups is 1. The van der Waals surface area contributed by atoms with Crippen LogP contribution in [-0.4, -0.2) is 11.1 Å². The lowest BCUT2D eigenvalue weighted by Crippen LogP contribution is -2.05. The van der Waals surface area contributed by atoms with Crippen molar-refractivity contribution in [3.8, 4) is 0 Å². The molecule has 0 heterocycles. The Morgan fingerprint density at radius 1 is 1.54 bits per heavy atom. The molecule has 1 aliphatic carbocycles. The molecule has 1 N–H and O–H groups in total. The zero-order valence-electron chi connectivity index (χ0n) is 7.83. The Balaban J connectivity index is 2.22. The van der Waals surface area contributed by atoms with Crippen LogP contribution in [-0.2, 0) is 4.79 Å². The van der Waals surface area contributed by atoms with Crippen molar-refractivity contribution >= 4 is 5.97 Å². The molecule has 0 aromatic rings. The molecule has 0 aromatic heterocycles. The Labute approximate surface area is 79.0 Å². The van der Waals surface area contributed by atoms with E-state index in [0.717, 1.165) is 19.3 Å². The lowest BCUT2D eigenvalue weighted by atomic mass is 9.89. The minimum absolute atomic E-state index is 0.342. The van der Waals surface area contributed by atoms with E-state index in [1.54, 1.807) is 0 Å². The molecule has 0 bridgehead atoms. The highest BCUT2D eigenvalue weighted by molar-refractivity contribution is 5.85. The minimum atomic E-state index is -0.855. The SMILES string of the molecule is C=C(CCC1CC=CCC1)C(=O)O. The van der Waals surface area contributed by atoms with Crippen LogP contribution >= 0.6 is 0 Å². The number of hydrogen-bond acceptors (Lipinski definition) is 1. The van der Waals surface area contributed by atoms with E-state index in [0.29, 0.717) is 17.9 Å². The van der Waals surface area contributed by atoms with E-state index in [2.05, 4.69) is 18.7 Å². The molecular weight excluding hydrogens is 164 g/mol. The fraction of sp³-hybridized carbons (Fsp3) is 0.545. The van der Waals surface area contributed by atoms with Crippen molar-refractivity contribution in [2.45, 2.75) is 32.1 Å². The van der Waals surface area contributed by atoms with Gasteiger partial charge >= 0.3 is 5.97 Å². The van der Waals surface area contributed by atoms with Crippen molar-refractivity contribution in [1.82, 2.24) is 0 Å². The van der Waals surface area contributed by atoms with Crippen molar-refractivity contribution in [3.05, 3.63) is 24.3 Å². The number of hydrogen-bond donors (Lipinski definition) is 1. The molecular formula is C11H16O2. The van der Waals surface area contributed by atoms with Crippen LogP contribution in [0.15, 0.2) is 24.3 Å². The predicted molar refractivity (Wildman–Crippen MR) is 52.5 cm³/mol. The van der Waals surface area contributed by atoms with Crippen molar-refractivity contribution in [1.29, 1.82) is 0 Å². The molecule has 1 rings (SSSR count). The molecule has 1 atom stereocenters. The van der Waals surface area contributed by atoms with Gasteiger partial charge in [0, 0.05) is 5.57 Å². The molecule has 1 aliphatic rings. The van der Waals surface area contributed by atoms with E-state index in [1.807, 2.05) is 0 Å². The van der Waals surface area contributed by atoms with Gasteiger partial charge in [-0.2, -0.15) is 0 Å². The summed E-state index contributed by atoms with van der Waals surface area (Å²) in [7, 11) is 0. The summed E-state index contributed by atoms with van der Waals surface area (Å²) in [6.45, 7) is 3.52. The molecule has 2 heteroatoms. The van der Waals surface area contributed by atoms with Gasteiger partial charge in [0.05, 0.1) is 0 Å². The van der Waals surface area contributed by atoms with Crippen molar-refractivity contribution < 1.29 is 9.90 Å². The third kappa shape index (κ3) is 3.45. The molecule has 1 unspecified atom stereocenters. The van der Waals surface area contributed by atoms with E-state index in [4.69, 9.17) is 5.11 Å². The standard InChI is InChI=1S/C11H16O2/c1-9(11(12)13)7-8-10-5-3-2-4-6-10/h2-3,10H,1,4-8H2,(H,12,13). The highest BCUT2D eigenvalue weighted by Gasteiger charge is 2.11. The van der Waals surface area contributed by atoms with Crippen LogP contribution in [0.3, 0.4) is 0 Å². The quantitative estimate of drug-likeness (QED) is 0.533. The van der Waals surface area contributed by atoms with E-state index in [-0.39, 0.29) is 0 Å². The second-order valence-corrected chi connectivity index (χ2v) is 3.60. The van der Waals surface area contributed by atoms with Gasteiger partial charge in [-0.25, -0.2) is 4.79 Å². The Bertz CT molecular complexity index is 228. The van der Waals surface area contributed by atoms with Gasteiger partial charge in [-0.05, 0) is 38.0 Å². The minimum Gasteiger partial charge on any atom is -0.478 e. The third-order valence-corrected chi connectivity index (χ3v) is 2.53. The molecule has 0 aliphatic heterocycles. The second kappa shape index (κ2) is 4.85. The molecule has 13 heavy (non-hydrogen) atoms. The summed E-state index contributed by atoms with van der Waals surface area (Å²) in [6, 6.07) is 0. The summed E-state index contributed by atoms with van der Waals surface area (Å²) < 4.78 is 0. The highest BCUT2D eigenvalue weighted by atomic mass is 16.4. The van der Waals surface area contributed by atoms with Crippen LogP contribution in [0.2, 0.25) is 0 Å². The topological polar surface area (TPSA) is 37.3 Å². The first-order chi connectivity index (χ1) is 6.20. The fourth-order valence-corrected chi connectivity index (χ4v) is 1.60. The third-order valence-electron chi connectivity index (χ3n) is 2.53. The van der Waals surface area contributed by atoms with Crippen LogP contribution in [0.5, 0.6) is 0 Å². The number of carboxylic acids is 1. The average Bonchev–Trinajstić information content (AvgIpc) is 2.15. The van der Waals surface area contributed by atoms with Gasteiger partial charge in [0.2, 0.25) is 0 Å². The molecule has 0 fully saturated rings. The number of aliphatic carboxylic acids is 1. The van der Waals surface area contributed by atoms with Crippen LogP contribution in [0.25, 0.3) is 0 Å². The lowest BCUT2D eigenvalue weighted by Gasteiger charge is -2.16. The molecule has 0 amide bonds. The maximum atomic E-state index is 10.5. The Hall–Kier alpha value is -1.05. The molecule has 0 aromatic carbocycles. The largest absolute Gasteiger partial charge is 0.478 e. The first-order valence-corrected chi connectivity index (χ1v) is 4.76. The van der Waals surface area contributed by atoms with Crippen molar-refractivity contribution in [3.63, 3.8) is 0 Å². The highest BCUT2D eigenvalue weighted by Crippen LogP contribution is 2.24. The first kappa shape index (κ1) is 10.0. The van der Waals surface area contributed by atoms with Crippen LogP contribution in [0.1, 0.15) is 32.1 Å².